The van der Waals surface area contributed by atoms with Crippen LogP contribution in [0.3, 0.4) is 0 Å². The molecule has 4 atom stereocenters. The van der Waals surface area contributed by atoms with Gasteiger partial charge < -0.3 is 15.7 Å². The molecule has 66 valence electrons. The molecule has 11 heavy (non-hydrogen) atoms. The van der Waals surface area contributed by atoms with Gasteiger partial charge in [-0.2, -0.15) is 0 Å². The van der Waals surface area contributed by atoms with Crippen LogP contribution in [-0.2, 0) is 0 Å². The normalized spacial score (nSPS) is 45.8. The van der Waals surface area contributed by atoms with Crippen molar-refractivity contribution >= 4 is 0 Å². The van der Waals surface area contributed by atoms with Crippen LogP contribution in [0.25, 0.3) is 0 Å². The summed E-state index contributed by atoms with van der Waals surface area (Å²) in [7, 11) is 0. The Labute approximate surface area is 68.2 Å². The Balaban J connectivity index is 2.48. The topological polar surface area (TPSA) is 44.3 Å². The quantitative estimate of drug-likeness (QED) is 0.491. The molecule has 0 saturated carbocycles. The number of piperazine rings is 1. The average Bonchev–Trinajstić information content (AvgIpc) is 1.97. The van der Waals surface area contributed by atoms with Gasteiger partial charge in [0.2, 0.25) is 0 Å². The van der Waals surface area contributed by atoms with Crippen molar-refractivity contribution in [1.29, 1.82) is 0 Å². The molecule has 3 heteroatoms. The van der Waals surface area contributed by atoms with Crippen LogP contribution < -0.4 is 10.6 Å². The van der Waals surface area contributed by atoms with Crippen LogP contribution in [0.5, 0.6) is 0 Å². The summed E-state index contributed by atoms with van der Waals surface area (Å²) in [5, 5.41) is 15.7. The molecule has 0 aromatic rings. The number of aliphatic hydroxyl groups excluding tert-OH is 1. The molecule has 3 nitrogen and oxygen atoms in total. The minimum atomic E-state index is 0.209. The van der Waals surface area contributed by atoms with E-state index in [1.165, 1.54) is 0 Å². The van der Waals surface area contributed by atoms with Crippen LogP contribution in [0.2, 0.25) is 0 Å². The van der Waals surface area contributed by atoms with E-state index in [2.05, 4.69) is 31.4 Å². The summed E-state index contributed by atoms with van der Waals surface area (Å²) in [6.07, 6.45) is 0. The van der Waals surface area contributed by atoms with Gasteiger partial charge in [-0.05, 0) is 20.8 Å². The lowest BCUT2D eigenvalue weighted by atomic mass is 10.0. The fourth-order valence-corrected chi connectivity index (χ4v) is 1.51. The molecule has 0 aromatic heterocycles. The fourth-order valence-electron chi connectivity index (χ4n) is 1.51. The smallest absolute Gasteiger partial charge is 0.0599 e. The van der Waals surface area contributed by atoms with E-state index in [0.717, 1.165) is 0 Å². The van der Waals surface area contributed by atoms with E-state index in [1.807, 2.05) is 0 Å². The number of nitrogens with one attached hydrogen (secondary N) is 2. The third kappa shape index (κ3) is 1.92. The van der Waals surface area contributed by atoms with E-state index in [1.54, 1.807) is 0 Å². The molecule has 0 aliphatic carbocycles. The van der Waals surface area contributed by atoms with Gasteiger partial charge in [0.05, 0.1) is 6.61 Å². The molecule has 1 rings (SSSR count). The Hall–Kier alpha value is -0.120. The Morgan fingerprint density at radius 2 is 1.55 bits per heavy atom. The Morgan fingerprint density at radius 3 is 2.09 bits per heavy atom. The molecule has 0 aromatic carbocycles. The molecular formula is C8H18N2O. The van der Waals surface area contributed by atoms with Crippen molar-refractivity contribution in [2.45, 2.75) is 44.9 Å². The van der Waals surface area contributed by atoms with E-state index in [0.29, 0.717) is 18.1 Å². The molecule has 4 unspecified atom stereocenters. The third-order valence-corrected chi connectivity index (χ3v) is 2.55. The molecule has 1 fully saturated rings. The Morgan fingerprint density at radius 1 is 1.00 bits per heavy atom. The van der Waals surface area contributed by atoms with E-state index < -0.39 is 0 Å². The summed E-state index contributed by atoms with van der Waals surface area (Å²) in [5.74, 6) is 0. The van der Waals surface area contributed by atoms with Gasteiger partial charge in [-0.1, -0.05) is 0 Å². The third-order valence-electron chi connectivity index (χ3n) is 2.55. The van der Waals surface area contributed by atoms with Gasteiger partial charge in [0.15, 0.2) is 0 Å². The summed E-state index contributed by atoms with van der Waals surface area (Å²) in [5.41, 5.74) is 0. The molecule has 1 aliphatic rings. The minimum Gasteiger partial charge on any atom is -0.395 e. The van der Waals surface area contributed by atoms with Crippen molar-refractivity contribution in [3.63, 3.8) is 0 Å². The first-order chi connectivity index (χ1) is 5.15. The van der Waals surface area contributed by atoms with Crippen LogP contribution in [0.1, 0.15) is 20.8 Å². The second-order valence-corrected chi connectivity index (χ2v) is 3.49. The zero-order valence-corrected chi connectivity index (χ0v) is 7.46. The van der Waals surface area contributed by atoms with E-state index in [9.17, 15) is 0 Å². The number of hydrogen-bond donors (Lipinski definition) is 3. The lowest BCUT2D eigenvalue weighted by Crippen LogP contribution is -2.64. The first-order valence-electron chi connectivity index (χ1n) is 4.28. The standard InChI is InChI=1S/C8H18N2O/c1-5-6(2)10-8(4-11)7(3)9-5/h5-11H,4H2,1-3H3. The van der Waals surface area contributed by atoms with Crippen LogP contribution in [0.4, 0.5) is 0 Å². The Kier molecular flexibility index (Phi) is 2.87. The second kappa shape index (κ2) is 3.52. The fraction of sp³-hybridized carbons (Fsp3) is 1.00. The molecule has 3 N–H and O–H groups in total. The van der Waals surface area contributed by atoms with Gasteiger partial charge in [0.25, 0.3) is 0 Å². The van der Waals surface area contributed by atoms with Crippen molar-refractivity contribution in [3.8, 4) is 0 Å². The van der Waals surface area contributed by atoms with Crippen molar-refractivity contribution in [2.75, 3.05) is 6.61 Å². The zero-order chi connectivity index (χ0) is 8.43. The predicted molar refractivity (Wildman–Crippen MR) is 45.5 cm³/mol. The van der Waals surface area contributed by atoms with E-state index in [4.69, 9.17) is 5.11 Å². The molecular weight excluding hydrogens is 140 g/mol. The summed E-state index contributed by atoms with van der Waals surface area (Å²) in [6, 6.07) is 1.52. The van der Waals surface area contributed by atoms with Crippen molar-refractivity contribution in [2.24, 2.45) is 0 Å². The van der Waals surface area contributed by atoms with Crippen molar-refractivity contribution in [1.82, 2.24) is 10.6 Å². The summed E-state index contributed by atoms with van der Waals surface area (Å²) < 4.78 is 0. The van der Waals surface area contributed by atoms with E-state index >= 15 is 0 Å². The molecule has 0 amide bonds. The van der Waals surface area contributed by atoms with Gasteiger partial charge in [-0.25, -0.2) is 0 Å². The van der Waals surface area contributed by atoms with Crippen LogP contribution in [0, 0.1) is 0 Å². The molecule has 1 aliphatic heterocycles. The summed E-state index contributed by atoms with van der Waals surface area (Å²) in [4.78, 5) is 0. The zero-order valence-electron chi connectivity index (χ0n) is 7.46. The Bertz CT molecular complexity index is 129. The highest BCUT2D eigenvalue weighted by molar-refractivity contribution is 4.91. The molecule has 0 bridgehead atoms. The molecule has 0 radical (unpaired) electrons. The first kappa shape index (κ1) is 8.97. The average molecular weight is 158 g/mol. The number of aliphatic hydroxyl groups is 1. The summed E-state index contributed by atoms with van der Waals surface area (Å²) in [6.45, 7) is 6.59. The lowest BCUT2D eigenvalue weighted by Gasteiger charge is -2.38. The van der Waals surface area contributed by atoms with Gasteiger partial charge in [0.1, 0.15) is 0 Å². The number of rotatable bonds is 1. The van der Waals surface area contributed by atoms with Crippen molar-refractivity contribution in [3.05, 3.63) is 0 Å². The second-order valence-electron chi connectivity index (χ2n) is 3.49. The largest absolute Gasteiger partial charge is 0.395 e. The van der Waals surface area contributed by atoms with Gasteiger partial charge in [-0.3, -0.25) is 0 Å². The number of hydrogen-bond acceptors (Lipinski definition) is 3. The van der Waals surface area contributed by atoms with Gasteiger partial charge in [0, 0.05) is 24.2 Å². The first-order valence-corrected chi connectivity index (χ1v) is 4.28. The van der Waals surface area contributed by atoms with Crippen LogP contribution in [0.15, 0.2) is 0 Å². The van der Waals surface area contributed by atoms with Gasteiger partial charge in [-0.15, -0.1) is 0 Å². The highest BCUT2D eigenvalue weighted by Crippen LogP contribution is 2.06. The lowest BCUT2D eigenvalue weighted by molar-refractivity contribution is 0.159. The predicted octanol–water partition coefficient (Wildman–Crippen LogP) is -0.294. The monoisotopic (exact) mass is 158 g/mol. The maximum atomic E-state index is 8.96. The highest BCUT2D eigenvalue weighted by Gasteiger charge is 2.27. The highest BCUT2D eigenvalue weighted by atomic mass is 16.3. The van der Waals surface area contributed by atoms with Crippen LogP contribution >= 0.6 is 0 Å². The molecule has 0 spiro atoms. The van der Waals surface area contributed by atoms with Crippen molar-refractivity contribution < 1.29 is 5.11 Å². The van der Waals surface area contributed by atoms with E-state index in [-0.39, 0.29) is 12.6 Å². The SMILES string of the molecule is CC1NC(C)C(CO)NC1C. The minimum absolute atomic E-state index is 0.209. The maximum Gasteiger partial charge on any atom is 0.0599 e. The summed E-state index contributed by atoms with van der Waals surface area (Å²) >= 11 is 0. The molecule has 1 saturated heterocycles. The van der Waals surface area contributed by atoms with Crippen LogP contribution in [-0.4, -0.2) is 35.9 Å². The maximum absolute atomic E-state index is 8.96. The molecule has 1 heterocycles. The van der Waals surface area contributed by atoms with Gasteiger partial charge >= 0.3 is 0 Å².